The van der Waals surface area contributed by atoms with E-state index < -0.39 is 0 Å². The lowest BCUT2D eigenvalue weighted by Crippen LogP contribution is -2.24. The zero-order chi connectivity index (χ0) is 10.2. The van der Waals surface area contributed by atoms with E-state index in [-0.39, 0.29) is 5.91 Å². The number of carbonyl (C=O) groups excluding carboxylic acids is 1. The Balaban J connectivity index is 2.13. The van der Waals surface area contributed by atoms with Crippen LogP contribution >= 0.6 is 0 Å². The molecule has 76 valence electrons. The Kier molecular flexibility index (Phi) is 4.57. The number of hydrogen-bond donors (Lipinski definition) is 2. The lowest BCUT2D eigenvalue weighted by molar-refractivity contribution is -0.120. The predicted molar refractivity (Wildman–Crippen MR) is 52.4 cm³/mol. The third-order valence-corrected chi connectivity index (χ3v) is 1.73. The summed E-state index contributed by atoms with van der Waals surface area (Å²) in [4.78, 5) is 18.9. The van der Waals surface area contributed by atoms with Crippen LogP contribution in [-0.4, -0.2) is 29.5 Å². The lowest BCUT2D eigenvalue weighted by Gasteiger charge is -2.02. The van der Waals surface area contributed by atoms with Crippen molar-refractivity contribution in [3.8, 4) is 0 Å². The number of hydrogen-bond acceptors (Lipinski definition) is 4. The van der Waals surface area contributed by atoms with Crippen LogP contribution in [0.15, 0.2) is 18.6 Å². The molecular formula is C9H14N4O. The molecule has 0 aliphatic carbocycles. The Morgan fingerprint density at radius 3 is 3.00 bits per heavy atom. The zero-order valence-electron chi connectivity index (χ0n) is 8.16. The van der Waals surface area contributed by atoms with Crippen LogP contribution in [0.5, 0.6) is 0 Å². The molecule has 0 bridgehead atoms. The van der Waals surface area contributed by atoms with E-state index in [1.807, 2.05) is 0 Å². The second-order valence-electron chi connectivity index (χ2n) is 2.80. The van der Waals surface area contributed by atoms with Crippen molar-refractivity contribution in [1.82, 2.24) is 20.6 Å². The highest BCUT2D eigenvalue weighted by Gasteiger charge is 1.97. The van der Waals surface area contributed by atoms with Crippen LogP contribution in [0.3, 0.4) is 0 Å². The van der Waals surface area contributed by atoms with E-state index in [1.165, 1.54) is 0 Å². The second kappa shape index (κ2) is 6.04. The van der Waals surface area contributed by atoms with Gasteiger partial charge in [-0.25, -0.2) is 0 Å². The summed E-state index contributed by atoms with van der Waals surface area (Å²) < 4.78 is 0. The molecule has 1 aromatic heterocycles. The fourth-order valence-corrected chi connectivity index (χ4v) is 0.965. The first-order chi connectivity index (χ1) is 6.83. The summed E-state index contributed by atoms with van der Waals surface area (Å²) in [6, 6.07) is 0. The summed E-state index contributed by atoms with van der Waals surface area (Å²) in [5.74, 6) is 0.0386. The van der Waals surface area contributed by atoms with Gasteiger partial charge in [-0.05, 0) is 0 Å². The molecule has 0 atom stereocenters. The molecule has 0 saturated carbocycles. The highest BCUT2D eigenvalue weighted by atomic mass is 16.1. The normalized spacial score (nSPS) is 9.79. The monoisotopic (exact) mass is 194 g/mol. The van der Waals surface area contributed by atoms with Gasteiger partial charge >= 0.3 is 0 Å². The van der Waals surface area contributed by atoms with Gasteiger partial charge in [-0.2, -0.15) is 0 Å². The number of rotatable bonds is 5. The first-order valence-electron chi connectivity index (χ1n) is 4.49. The molecule has 0 aromatic carbocycles. The molecule has 1 amide bonds. The van der Waals surface area contributed by atoms with Crippen LogP contribution < -0.4 is 10.6 Å². The third-order valence-electron chi connectivity index (χ3n) is 1.73. The van der Waals surface area contributed by atoms with Crippen LogP contribution in [0.2, 0.25) is 0 Å². The molecule has 0 spiro atoms. The fourth-order valence-electron chi connectivity index (χ4n) is 0.965. The molecule has 0 aliphatic heterocycles. The molecule has 1 aromatic rings. The van der Waals surface area contributed by atoms with Gasteiger partial charge in [0.05, 0.1) is 5.69 Å². The summed E-state index contributed by atoms with van der Waals surface area (Å²) in [6.07, 6.45) is 5.47. The van der Waals surface area contributed by atoms with Crippen LogP contribution in [-0.2, 0) is 11.3 Å². The number of nitrogens with zero attached hydrogens (tertiary/aromatic N) is 2. The maximum absolute atomic E-state index is 10.8. The van der Waals surface area contributed by atoms with E-state index in [0.717, 1.165) is 5.69 Å². The molecule has 5 nitrogen and oxygen atoms in total. The average molecular weight is 194 g/mol. The minimum absolute atomic E-state index is 0.0386. The molecule has 0 radical (unpaired) electrons. The van der Waals surface area contributed by atoms with Gasteiger partial charge in [0.2, 0.25) is 5.91 Å². The Morgan fingerprint density at radius 2 is 2.36 bits per heavy atom. The van der Waals surface area contributed by atoms with E-state index in [1.54, 1.807) is 25.6 Å². The molecule has 1 heterocycles. The molecule has 0 saturated heterocycles. The van der Waals surface area contributed by atoms with Gasteiger partial charge in [0.25, 0.3) is 0 Å². The van der Waals surface area contributed by atoms with Gasteiger partial charge in [-0.1, -0.05) is 0 Å². The molecule has 14 heavy (non-hydrogen) atoms. The molecule has 2 N–H and O–H groups in total. The van der Waals surface area contributed by atoms with E-state index in [9.17, 15) is 4.79 Å². The number of carbonyl (C=O) groups is 1. The van der Waals surface area contributed by atoms with Crippen molar-refractivity contribution in [2.75, 3.05) is 13.6 Å². The van der Waals surface area contributed by atoms with E-state index >= 15 is 0 Å². The first kappa shape index (κ1) is 10.6. The molecule has 0 unspecified atom stereocenters. The quantitative estimate of drug-likeness (QED) is 0.632. The van der Waals surface area contributed by atoms with Gasteiger partial charge in [-0.15, -0.1) is 0 Å². The van der Waals surface area contributed by atoms with Crippen molar-refractivity contribution in [1.29, 1.82) is 0 Å². The van der Waals surface area contributed by atoms with Crippen LogP contribution in [0, 0.1) is 0 Å². The topological polar surface area (TPSA) is 66.9 Å². The largest absolute Gasteiger partial charge is 0.359 e. The van der Waals surface area contributed by atoms with Crippen LogP contribution in [0.4, 0.5) is 0 Å². The molecule has 0 aliphatic rings. The number of nitrogens with one attached hydrogen (secondary N) is 2. The van der Waals surface area contributed by atoms with Gasteiger partial charge in [-0.3, -0.25) is 14.8 Å². The Hall–Kier alpha value is -1.49. The number of amides is 1. The zero-order valence-corrected chi connectivity index (χ0v) is 8.16. The molecular weight excluding hydrogens is 180 g/mol. The third kappa shape index (κ3) is 3.95. The van der Waals surface area contributed by atoms with Crippen molar-refractivity contribution >= 4 is 5.91 Å². The summed E-state index contributed by atoms with van der Waals surface area (Å²) >= 11 is 0. The Bertz CT molecular complexity index is 275. The maximum atomic E-state index is 10.8. The predicted octanol–water partition coefficient (Wildman–Crippen LogP) is -0.298. The molecule has 1 rings (SSSR count). The molecule has 5 heteroatoms. The van der Waals surface area contributed by atoms with Crippen molar-refractivity contribution in [2.45, 2.75) is 13.0 Å². The van der Waals surface area contributed by atoms with Crippen LogP contribution in [0.25, 0.3) is 0 Å². The lowest BCUT2D eigenvalue weighted by atomic mass is 10.4. The second-order valence-corrected chi connectivity index (χ2v) is 2.80. The van der Waals surface area contributed by atoms with E-state index in [2.05, 4.69) is 20.6 Å². The van der Waals surface area contributed by atoms with Gasteiger partial charge in [0.15, 0.2) is 0 Å². The Labute approximate surface area is 83.0 Å². The summed E-state index contributed by atoms with van der Waals surface area (Å²) in [6.45, 7) is 1.29. The first-order valence-corrected chi connectivity index (χ1v) is 4.49. The summed E-state index contributed by atoms with van der Waals surface area (Å²) in [5, 5.41) is 5.66. The van der Waals surface area contributed by atoms with Gasteiger partial charge in [0, 0.05) is 45.1 Å². The summed E-state index contributed by atoms with van der Waals surface area (Å²) in [7, 11) is 1.63. The SMILES string of the molecule is CNC(=O)CCNCc1cnccn1. The fraction of sp³-hybridized carbons (Fsp3) is 0.444. The Morgan fingerprint density at radius 1 is 1.50 bits per heavy atom. The van der Waals surface area contributed by atoms with Crippen molar-refractivity contribution < 1.29 is 4.79 Å². The maximum Gasteiger partial charge on any atom is 0.221 e. The average Bonchev–Trinajstić information content (AvgIpc) is 2.25. The van der Waals surface area contributed by atoms with Crippen molar-refractivity contribution in [3.63, 3.8) is 0 Å². The highest BCUT2D eigenvalue weighted by Crippen LogP contribution is 1.88. The van der Waals surface area contributed by atoms with E-state index in [0.29, 0.717) is 19.5 Å². The van der Waals surface area contributed by atoms with Gasteiger partial charge < -0.3 is 10.6 Å². The minimum Gasteiger partial charge on any atom is -0.359 e. The van der Waals surface area contributed by atoms with Gasteiger partial charge in [0.1, 0.15) is 0 Å². The number of aromatic nitrogens is 2. The minimum atomic E-state index is 0.0386. The van der Waals surface area contributed by atoms with Crippen molar-refractivity contribution in [3.05, 3.63) is 24.3 Å². The standard InChI is InChI=1S/C9H14N4O/c1-10-9(14)2-3-11-6-8-7-12-4-5-13-8/h4-5,7,11H,2-3,6H2,1H3,(H,10,14). The van der Waals surface area contributed by atoms with Crippen LogP contribution in [0.1, 0.15) is 12.1 Å². The highest BCUT2D eigenvalue weighted by molar-refractivity contribution is 5.75. The van der Waals surface area contributed by atoms with E-state index in [4.69, 9.17) is 0 Å². The summed E-state index contributed by atoms with van der Waals surface area (Å²) in [5.41, 5.74) is 0.879. The smallest absolute Gasteiger partial charge is 0.221 e. The van der Waals surface area contributed by atoms with Crippen molar-refractivity contribution in [2.24, 2.45) is 0 Å². The molecule has 0 fully saturated rings.